The predicted octanol–water partition coefficient (Wildman–Crippen LogP) is 2.98. The van der Waals surface area contributed by atoms with E-state index in [2.05, 4.69) is 49.1 Å². The fraction of sp³-hybridized carbons (Fsp3) is 0.851. The molecule has 2 aliphatic heterocycles. The van der Waals surface area contributed by atoms with Crippen molar-refractivity contribution in [3.05, 3.63) is 29.9 Å². The van der Waals surface area contributed by atoms with Crippen LogP contribution in [0.15, 0.2) is 24.2 Å². The molecule has 15 heteroatoms. The minimum atomic E-state index is -1.60. The summed E-state index contributed by atoms with van der Waals surface area (Å²) in [5.74, 6) is -2.09. The number of rotatable bonds is 12. The summed E-state index contributed by atoms with van der Waals surface area (Å²) in [6.45, 7) is 10.9. The maximum absolute atomic E-state index is 13.6. The monoisotopic (exact) mass is 871 g/mol. The van der Waals surface area contributed by atoms with Gasteiger partial charge in [-0.05, 0) is 128 Å². The zero-order valence-electron chi connectivity index (χ0n) is 37.3. The molecule has 4 saturated carbocycles. The number of carbonyl (C=O) groups excluding carboxylic acids is 1. The normalized spacial score (nSPS) is 49.4. The minimum absolute atomic E-state index is 0.000818. The number of aromatic amines is 1. The van der Waals surface area contributed by atoms with Crippen LogP contribution in [0.2, 0.25) is 0 Å². The number of imidazole rings is 1. The Morgan fingerprint density at radius 3 is 2.40 bits per heavy atom. The molecule has 0 aromatic carbocycles. The number of aliphatic hydroxyl groups excluding tert-OH is 6. The molecule has 6 fully saturated rings. The van der Waals surface area contributed by atoms with Gasteiger partial charge in [-0.15, -0.1) is 0 Å². The predicted molar refractivity (Wildman–Crippen MR) is 227 cm³/mol. The molecule has 19 atom stereocenters. The van der Waals surface area contributed by atoms with Crippen LogP contribution < -0.4 is 11.1 Å². The van der Waals surface area contributed by atoms with Crippen LogP contribution in [0.3, 0.4) is 0 Å². The topological polar surface area (TPSA) is 261 Å². The second-order valence-electron chi connectivity index (χ2n) is 22.2. The lowest BCUT2D eigenvalue weighted by Gasteiger charge is -2.73. The van der Waals surface area contributed by atoms with E-state index in [-0.39, 0.29) is 78.6 Å². The molecule has 0 unspecified atom stereocenters. The molecule has 62 heavy (non-hydrogen) atoms. The number of aliphatic hydroxyl groups is 6. The van der Waals surface area contributed by atoms with Crippen molar-refractivity contribution in [3.8, 4) is 0 Å². The van der Waals surface area contributed by atoms with Gasteiger partial charge >= 0.3 is 5.97 Å². The largest absolute Gasteiger partial charge is 0.481 e. The quantitative estimate of drug-likeness (QED) is 0.107. The molecule has 11 N–H and O–H groups in total. The van der Waals surface area contributed by atoms with Crippen molar-refractivity contribution in [3.63, 3.8) is 0 Å². The molecular formula is C47H74N4O11. The Morgan fingerprint density at radius 1 is 1.00 bits per heavy atom. The minimum Gasteiger partial charge on any atom is -0.481 e. The molecule has 1 aromatic heterocycles. The number of nitrogens with one attached hydrogen (secondary N) is 2. The van der Waals surface area contributed by atoms with Gasteiger partial charge in [-0.25, -0.2) is 4.98 Å². The molecule has 7 aliphatic rings. The van der Waals surface area contributed by atoms with E-state index < -0.39 is 70.4 Å². The van der Waals surface area contributed by atoms with Crippen molar-refractivity contribution >= 4 is 11.9 Å². The number of fused-ring (bicyclic) bond motifs is 7. The average Bonchev–Trinajstić information content (AvgIpc) is 3.91. The highest BCUT2D eigenvalue weighted by Gasteiger charge is 2.73. The summed E-state index contributed by atoms with van der Waals surface area (Å²) in [4.78, 5) is 34.5. The molecule has 1 aromatic rings. The fourth-order valence-corrected chi connectivity index (χ4v) is 15.6. The van der Waals surface area contributed by atoms with Gasteiger partial charge < -0.3 is 61.3 Å². The second kappa shape index (κ2) is 16.4. The first-order chi connectivity index (χ1) is 29.3. The SMILES string of the molecule is C[C@]1(CO)CC[C@]2(C(=O)O)CC[C@]3(C)C(=CC[C@@H]4[C@@]5(C)[C@H](C[C@H]6CC(=O)N[C@@H]6[C@H](CCCN)c6cnc[nH]6)[C@@H](O)[C@@H](O[C@@H]6OC[C@@H](O)[C@H](O)[C@H]6O)[C@@](C)(CO)[C@H]5CC[C@]43C)[C@@H]2C1. The summed E-state index contributed by atoms with van der Waals surface area (Å²) in [6.07, 6.45) is 4.93. The van der Waals surface area contributed by atoms with E-state index >= 15 is 0 Å². The van der Waals surface area contributed by atoms with Gasteiger partial charge in [0.15, 0.2) is 6.29 Å². The van der Waals surface area contributed by atoms with Gasteiger partial charge in [0.05, 0.1) is 37.2 Å². The standard InChI is InChI=1S/C47H74N4O11/c1-42(22-52)12-14-47(41(59)60)15-13-44(3)27(29(47)19-42)8-9-33-45(44,4)11-10-32-43(2,23-53)39(62-40-38(58)37(57)31(54)21-61-40)36(56)28(46(32,33)5)17-25-18-34(55)51-35(25)26(7-6-16-48)30-20-49-24-50-30/h8,20,24-26,28-29,31-33,35-40,52-54,56-58H,6-7,9-19,21-23,48H2,1-5H3,(H,49,50)(H,51,55)(H,59,60)/t25-,26+,28+,29-,31+,32+,33-,35-,36+,37-,38+,39+,40-,42-,43-,44+,45+,46-,47-/m0/s1. The maximum Gasteiger partial charge on any atom is 0.310 e. The Kier molecular flexibility index (Phi) is 12.2. The average molecular weight is 871 g/mol. The zero-order valence-corrected chi connectivity index (χ0v) is 37.3. The van der Waals surface area contributed by atoms with E-state index in [9.17, 15) is 45.3 Å². The first-order valence-corrected chi connectivity index (χ1v) is 23.4. The van der Waals surface area contributed by atoms with Gasteiger partial charge in [0, 0.05) is 42.3 Å². The number of nitrogens with zero attached hydrogens (tertiary/aromatic N) is 1. The molecular weight excluding hydrogens is 797 g/mol. The molecule has 0 spiro atoms. The lowest BCUT2D eigenvalue weighted by atomic mass is 9.31. The summed E-state index contributed by atoms with van der Waals surface area (Å²) < 4.78 is 12.4. The highest BCUT2D eigenvalue weighted by Crippen LogP contribution is 2.77. The van der Waals surface area contributed by atoms with Crippen molar-refractivity contribution in [1.29, 1.82) is 0 Å². The highest BCUT2D eigenvalue weighted by atomic mass is 16.7. The van der Waals surface area contributed by atoms with Crippen molar-refractivity contribution < 1.29 is 54.8 Å². The second-order valence-corrected chi connectivity index (χ2v) is 22.2. The summed E-state index contributed by atoms with van der Waals surface area (Å²) in [5, 5.41) is 81.7. The summed E-state index contributed by atoms with van der Waals surface area (Å²) in [6, 6.07) is -0.283. The third kappa shape index (κ3) is 6.79. The number of ether oxygens (including phenoxy) is 2. The van der Waals surface area contributed by atoms with Crippen molar-refractivity contribution in [2.75, 3.05) is 26.4 Å². The summed E-state index contributed by atoms with van der Waals surface area (Å²) >= 11 is 0. The lowest BCUT2D eigenvalue weighted by molar-refractivity contribution is -0.340. The van der Waals surface area contributed by atoms with E-state index in [0.29, 0.717) is 64.3 Å². The van der Waals surface area contributed by atoms with Crippen LogP contribution in [0, 0.1) is 62.1 Å². The molecule has 0 bridgehead atoms. The number of amides is 1. The van der Waals surface area contributed by atoms with Crippen molar-refractivity contribution in [1.82, 2.24) is 15.3 Å². The number of aliphatic carboxylic acids is 1. The molecule has 3 heterocycles. The third-order valence-corrected chi connectivity index (χ3v) is 19.4. The maximum atomic E-state index is 13.6. The smallest absolute Gasteiger partial charge is 0.310 e. The number of carbonyl (C=O) groups is 2. The van der Waals surface area contributed by atoms with Crippen LogP contribution >= 0.6 is 0 Å². The van der Waals surface area contributed by atoms with Gasteiger partial charge in [-0.2, -0.15) is 0 Å². The summed E-state index contributed by atoms with van der Waals surface area (Å²) in [5.41, 5.74) is 4.41. The molecule has 8 rings (SSSR count). The van der Waals surface area contributed by atoms with E-state index in [4.69, 9.17) is 15.2 Å². The van der Waals surface area contributed by atoms with Gasteiger partial charge in [-0.3, -0.25) is 9.59 Å². The highest BCUT2D eigenvalue weighted by molar-refractivity contribution is 5.79. The zero-order chi connectivity index (χ0) is 44.8. The number of aromatic nitrogens is 2. The van der Waals surface area contributed by atoms with Gasteiger partial charge in [0.25, 0.3) is 0 Å². The number of carboxylic acid groups (broad SMARTS) is 1. The molecule has 15 nitrogen and oxygen atoms in total. The number of H-pyrrole nitrogens is 1. The van der Waals surface area contributed by atoms with Crippen LogP contribution in [0.4, 0.5) is 0 Å². The van der Waals surface area contributed by atoms with Crippen LogP contribution in [0.25, 0.3) is 0 Å². The molecule has 2 saturated heterocycles. The Hall–Kier alpha value is -2.47. The molecule has 5 aliphatic carbocycles. The number of nitrogens with two attached hydrogens (primary N) is 1. The molecule has 0 radical (unpaired) electrons. The van der Waals surface area contributed by atoms with Crippen LogP contribution in [-0.4, -0.2) is 127 Å². The van der Waals surface area contributed by atoms with Crippen molar-refractivity contribution in [2.24, 2.45) is 67.8 Å². The Morgan fingerprint density at radius 2 is 1.74 bits per heavy atom. The lowest BCUT2D eigenvalue weighted by Crippen LogP contribution is -2.72. The number of allylic oxidation sites excluding steroid dienone is 2. The first kappa shape index (κ1) is 46.1. The van der Waals surface area contributed by atoms with E-state index in [1.54, 1.807) is 12.5 Å². The molecule has 1 amide bonds. The number of carboxylic acids is 1. The molecule has 348 valence electrons. The van der Waals surface area contributed by atoms with Gasteiger partial charge in [0.1, 0.15) is 18.3 Å². The Balaban J connectivity index is 1.24. The Bertz CT molecular complexity index is 1850. The van der Waals surface area contributed by atoms with E-state index in [0.717, 1.165) is 18.5 Å². The summed E-state index contributed by atoms with van der Waals surface area (Å²) in [7, 11) is 0. The van der Waals surface area contributed by atoms with Crippen LogP contribution in [0.5, 0.6) is 0 Å². The number of hydrogen-bond acceptors (Lipinski definition) is 12. The van der Waals surface area contributed by atoms with E-state index in [1.165, 1.54) is 5.57 Å². The number of hydrogen-bond donors (Lipinski definition) is 10. The van der Waals surface area contributed by atoms with Crippen LogP contribution in [-0.2, 0) is 19.1 Å². The van der Waals surface area contributed by atoms with Gasteiger partial charge in [-0.1, -0.05) is 46.3 Å². The third-order valence-electron chi connectivity index (χ3n) is 19.4. The van der Waals surface area contributed by atoms with Crippen molar-refractivity contribution in [2.45, 2.75) is 160 Å². The van der Waals surface area contributed by atoms with E-state index in [1.807, 2.05) is 6.92 Å². The first-order valence-electron chi connectivity index (χ1n) is 23.4. The van der Waals surface area contributed by atoms with Gasteiger partial charge in [0.2, 0.25) is 5.91 Å². The fourth-order valence-electron chi connectivity index (χ4n) is 15.6. The Labute approximate surface area is 365 Å². The van der Waals surface area contributed by atoms with Crippen LogP contribution in [0.1, 0.15) is 123 Å².